The minimum absolute atomic E-state index is 0.0355. The summed E-state index contributed by atoms with van der Waals surface area (Å²) < 4.78 is 5.32. The van der Waals surface area contributed by atoms with Crippen LogP contribution in [0.3, 0.4) is 0 Å². The molecule has 1 rings (SSSR count). The number of carbonyl (C=O) groups excluding carboxylic acids is 2. The van der Waals surface area contributed by atoms with Gasteiger partial charge in [-0.05, 0) is 40.2 Å². The zero-order valence-corrected chi connectivity index (χ0v) is 11.5. The molecule has 0 bridgehead atoms. The first-order valence-corrected chi connectivity index (χ1v) is 6.18. The van der Waals surface area contributed by atoms with Gasteiger partial charge in [0.15, 0.2) is 0 Å². The summed E-state index contributed by atoms with van der Waals surface area (Å²) in [6.07, 6.45) is 7.99. The summed E-state index contributed by atoms with van der Waals surface area (Å²) in [7, 11) is 0. The summed E-state index contributed by atoms with van der Waals surface area (Å²) in [5.74, 6) is -0.370. The van der Waals surface area contributed by atoms with Crippen molar-refractivity contribution < 1.29 is 14.3 Å². The summed E-state index contributed by atoms with van der Waals surface area (Å²) >= 11 is 0. The lowest BCUT2D eigenvalue weighted by molar-refractivity contribution is -0.160. The highest BCUT2D eigenvalue weighted by atomic mass is 16.6. The molecule has 1 heterocycles. The van der Waals surface area contributed by atoms with Crippen molar-refractivity contribution in [2.24, 2.45) is 0 Å². The molecule has 100 valence electrons. The molecule has 0 N–H and O–H groups in total. The van der Waals surface area contributed by atoms with E-state index in [9.17, 15) is 9.59 Å². The molecule has 0 unspecified atom stereocenters. The summed E-state index contributed by atoms with van der Waals surface area (Å²) in [5.41, 5.74) is -0.526. The van der Waals surface area contributed by atoms with Crippen molar-refractivity contribution in [1.82, 2.24) is 4.90 Å². The number of carbonyl (C=O) groups is 2. The zero-order chi connectivity index (χ0) is 13.8. The Morgan fingerprint density at radius 2 is 2.06 bits per heavy atom. The molecule has 1 atom stereocenters. The van der Waals surface area contributed by atoms with Crippen LogP contribution in [0.25, 0.3) is 0 Å². The van der Waals surface area contributed by atoms with Gasteiger partial charge in [-0.2, -0.15) is 0 Å². The van der Waals surface area contributed by atoms with Crippen LogP contribution in [0.5, 0.6) is 0 Å². The van der Waals surface area contributed by atoms with Gasteiger partial charge in [-0.15, -0.1) is 0 Å². The Morgan fingerprint density at radius 1 is 1.39 bits per heavy atom. The first kappa shape index (κ1) is 14.5. The maximum atomic E-state index is 12.0. The molecule has 0 radical (unpaired) electrons. The Labute approximate surface area is 108 Å². The van der Waals surface area contributed by atoms with Gasteiger partial charge in [0.2, 0.25) is 5.91 Å². The molecular formula is C14H21NO3. The van der Waals surface area contributed by atoms with Crippen molar-refractivity contribution in [3.05, 3.63) is 24.4 Å². The van der Waals surface area contributed by atoms with Crippen LogP contribution in [0.4, 0.5) is 0 Å². The predicted molar refractivity (Wildman–Crippen MR) is 69.7 cm³/mol. The average molecular weight is 251 g/mol. The van der Waals surface area contributed by atoms with E-state index in [-0.39, 0.29) is 11.9 Å². The zero-order valence-electron chi connectivity index (χ0n) is 11.5. The van der Waals surface area contributed by atoms with Crippen LogP contribution in [0.15, 0.2) is 24.4 Å². The number of rotatable bonds is 3. The number of nitrogens with zero attached hydrogens (tertiary/aromatic N) is 1. The van der Waals surface area contributed by atoms with Gasteiger partial charge in [0.05, 0.1) is 0 Å². The molecule has 4 heteroatoms. The molecule has 1 saturated heterocycles. The third-order valence-corrected chi connectivity index (χ3v) is 2.48. The second kappa shape index (κ2) is 5.85. The van der Waals surface area contributed by atoms with E-state index in [4.69, 9.17) is 4.74 Å². The standard InChI is InChI=1S/C14H21NO3/c1-5-6-7-10-15-11(8-9-12(15)16)13(17)18-14(2,3)4/h5-7,10-11H,8-9H2,1-4H3/b6-5+,10-7+/t11-/m0/s1. The minimum Gasteiger partial charge on any atom is -0.458 e. The van der Waals surface area contributed by atoms with Gasteiger partial charge in [0.1, 0.15) is 11.6 Å². The molecule has 0 aliphatic carbocycles. The third kappa shape index (κ3) is 4.02. The lowest BCUT2D eigenvalue weighted by atomic mass is 10.1. The van der Waals surface area contributed by atoms with E-state index in [0.29, 0.717) is 12.8 Å². The van der Waals surface area contributed by atoms with Crippen molar-refractivity contribution in [1.29, 1.82) is 0 Å². The Kier molecular flexibility index (Phi) is 4.70. The number of hydrogen-bond donors (Lipinski definition) is 0. The smallest absolute Gasteiger partial charge is 0.329 e. The lowest BCUT2D eigenvalue weighted by Gasteiger charge is -2.25. The largest absolute Gasteiger partial charge is 0.458 e. The number of ether oxygens (including phenoxy) is 1. The predicted octanol–water partition coefficient (Wildman–Crippen LogP) is 2.41. The Hall–Kier alpha value is -1.58. The summed E-state index contributed by atoms with van der Waals surface area (Å²) in [6, 6.07) is -0.488. The van der Waals surface area contributed by atoms with Crippen LogP contribution < -0.4 is 0 Å². The van der Waals surface area contributed by atoms with Gasteiger partial charge in [-0.1, -0.05) is 12.2 Å². The molecule has 1 fully saturated rings. The van der Waals surface area contributed by atoms with Gasteiger partial charge in [0, 0.05) is 12.6 Å². The maximum Gasteiger partial charge on any atom is 0.329 e. The van der Waals surface area contributed by atoms with Crippen LogP contribution in [-0.4, -0.2) is 28.4 Å². The fourth-order valence-electron chi connectivity index (χ4n) is 1.74. The van der Waals surface area contributed by atoms with E-state index in [2.05, 4.69) is 0 Å². The van der Waals surface area contributed by atoms with Gasteiger partial charge in [-0.3, -0.25) is 4.79 Å². The number of amides is 1. The van der Waals surface area contributed by atoms with Crippen molar-refractivity contribution in [2.75, 3.05) is 0 Å². The molecule has 0 aromatic heterocycles. The molecule has 0 aromatic rings. The van der Waals surface area contributed by atoms with Crippen molar-refractivity contribution in [3.63, 3.8) is 0 Å². The SMILES string of the molecule is C/C=C/C=C/N1C(=O)CC[C@H]1C(=O)OC(C)(C)C. The molecule has 0 saturated carbocycles. The molecule has 1 amide bonds. The molecule has 0 spiro atoms. The lowest BCUT2D eigenvalue weighted by Crippen LogP contribution is -2.39. The second-order valence-electron chi connectivity index (χ2n) is 5.26. The molecular weight excluding hydrogens is 230 g/mol. The summed E-state index contributed by atoms with van der Waals surface area (Å²) in [6.45, 7) is 7.35. The van der Waals surface area contributed by atoms with Crippen LogP contribution in [0.2, 0.25) is 0 Å². The highest BCUT2D eigenvalue weighted by molar-refractivity contribution is 5.89. The number of hydrogen-bond acceptors (Lipinski definition) is 3. The number of allylic oxidation sites excluding steroid dienone is 3. The van der Waals surface area contributed by atoms with Gasteiger partial charge < -0.3 is 9.64 Å². The normalized spacial score (nSPS) is 21.2. The third-order valence-electron chi connectivity index (χ3n) is 2.48. The fourth-order valence-corrected chi connectivity index (χ4v) is 1.74. The highest BCUT2D eigenvalue weighted by Gasteiger charge is 2.37. The summed E-state index contributed by atoms with van der Waals surface area (Å²) in [4.78, 5) is 25.1. The van der Waals surface area contributed by atoms with Crippen molar-refractivity contribution in [3.8, 4) is 0 Å². The van der Waals surface area contributed by atoms with Crippen LogP contribution in [0, 0.1) is 0 Å². The van der Waals surface area contributed by atoms with Gasteiger partial charge in [0.25, 0.3) is 0 Å². The van der Waals surface area contributed by atoms with E-state index in [0.717, 1.165) is 0 Å². The maximum absolute atomic E-state index is 12.0. The molecule has 18 heavy (non-hydrogen) atoms. The first-order valence-electron chi connectivity index (χ1n) is 6.18. The fraction of sp³-hybridized carbons (Fsp3) is 0.571. The topological polar surface area (TPSA) is 46.6 Å². The minimum atomic E-state index is -0.526. The van der Waals surface area contributed by atoms with Crippen LogP contribution in [0.1, 0.15) is 40.5 Å². The first-order chi connectivity index (χ1) is 8.35. The van der Waals surface area contributed by atoms with Crippen LogP contribution >= 0.6 is 0 Å². The monoisotopic (exact) mass is 251 g/mol. The number of esters is 1. The Balaban J connectivity index is 2.74. The molecule has 1 aliphatic rings. The van der Waals surface area contributed by atoms with E-state index in [1.54, 1.807) is 12.3 Å². The molecule has 0 aromatic carbocycles. The van der Waals surface area contributed by atoms with Gasteiger partial charge >= 0.3 is 5.97 Å². The quantitative estimate of drug-likeness (QED) is 0.571. The van der Waals surface area contributed by atoms with E-state index in [1.807, 2.05) is 39.8 Å². The van der Waals surface area contributed by atoms with Crippen molar-refractivity contribution >= 4 is 11.9 Å². The Morgan fingerprint density at radius 3 is 2.61 bits per heavy atom. The molecule has 1 aliphatic heterocycles. The second-order valence-corrected chi connectivity index (χ2v) is 5.26. The van der Waals surface area contributed by atoms with Crippen LogP contribution in [-0.2, 0) is 14.3 Å². The summed E-state index contributed by atoms with van der Waals surface area (Å²) in [5, 5.41) is 0. The highest BCUT2D eigenvalue weighted by Crippen LogP contribution is 2.22. The van der Waals surface area contributed by atoms with E-state index in [1.165, 1.54) is 4.90 Å². The molecule has 4 nitrogen and oxygen atoms in total. The average Bonchev–Trinajstić information content (AvgIpc) is 2.58. The Bertz CT molecular complexity index is 377. The van der Waals surface area contributed by atoms with E-state index < -0.39 is 11.6 Å². The van der Waals surface area contributed by atoms with Crippen molar-refractivity contribution in [2.45, 2.75) is 52.2 Å². The number of likely N-dealkylation sites (tertiary alicyclic amines) is 1. The van der Waals surface area contributed by atoms with Gasteiger partial charge in [-0.25, -0.2) is 4.79 Å². The van der Waals surface area contributed by atoms with E-state index >= 15 is 0 Å².